The Morgan fingerprint density at radius 2 is 1.93 bits per heavy atom. The molecule has 4 rings (SSSR count). The Hall–Kier alpha value is -3.02. The van der Waals surface area contributed by atoms with E-state index in [1.54, 1.807) is 24.3 Å². The highest BCUT2D eigenvalue weighted by Gasteiger charge is 2.32. The number of benzene rings is 2. The Morgan fingerprint density at radius 1 is 1.14 bits per heavy atom. The van der Waals surface area contributed by atoms with E-state index in [0.29, 0.717) is 23.8 Å². The molecule has 0 bridgehead atoms. The first-order valence-electron chi connectivity index (χ1n) is 9.63. The highest BCUT2D eigenvalue weighted by atomic mass is 16.5. The molecule has 0 unspecified atom stereocenters. The van der Waals surface area contributed by atoms with E-state index in [2.05, 4.69) is 10.6 Å². The molecule has 2 amide bonds. The number of ether oxygens (including phenoxy) is 1. The number of nitrogens with one attached hydrogen (secondary N) is 2. The van der Waals surface area contributed by atoms with Gasteiger partial charge in [-0.05, 0) is 57.0 Å². The molecule has 6 nitrogen and oxygen atoms in total. The van der Waals surface area contributed by atoms with Gasteiger partial charge >= 0.3 is 0 Å². The van der Waals surface area contributed by atoms with Gasteiger partial charge in [0.1, 0.15) is 11.4 Å². The largest absolute Gasteiger partial charge is 0.484 e. The molecule has 0 radical (unpaired) electrons. The molecule has 28 heavy (non-hydrogen) atoms. The topological polar surface area (TPSA) is 70.7 Å². The van der Waals surface area contributed by atoms with Crippen molar-refractivity contribution in [3.8, 4) is 5.75 Å². The first-order valence-corrected chi connectivity index (χ1v) is 9.63. The average Bonchev–Trinajstić information content (AvgIpc) is 3.45. The molecule has 1 saturated carbocycles. The smallest absolute Gasteiger partial charge is 0.251 e. The number of hydrogen-bond acceptors (Lipinski definition) is 4. The number of carbonyl (C=O) groups is 2. The Kier molecular flexibility index (Phi) is 4.71. The number of fused-ring (bicyclic) bond motifs is 1. The van der Waals surface area contributed by atoms with Crippen LogP contribution in [0.4, 0.5) is 11.4 Å². The third-order valence-corrected chi connectivity index (χ3v) is 4.82. The first-order chi connectivity index (χ1) is 13.4. The van der Waals surface area contributed by atoms with E-state index in [4.69, 9.17) is 4.74 Å². The zero-order valence-corrected chi connectivity index (χ0v) is 16.2. The summed E-state index contributed by atoms with van der Waals surface area (Å²) >= 11 is 0. The van der Waals surface area contributed by atoms with Gasteiger partial charge in [-0.2, -0.15) is 0 Å². The molecule has 146 valence electrons. The number of rotatable bonds is 5. The summed E-state index contributed by atoms with van der Waals surface area (Å²) in [5.41, 5.74) is 1.71. The van der Waals surface area contributed by atoms with Crippen molar-refractivity contribution in [2.45, 2.75) is 38.3 Å². The lowest BCUT2D eigenvalue weighted by Gasteiger charge is -2.40. The van der Waals surface area contributed by atoms with E-state index in [0.717, 1.165) is 24.3 Å². The van der Waals surface area contributed by atoms with Crippen LogP contribution in [-0.2, 0) is 4.79 Å². The van der Waals surface area contributed by atoms with Crippen molar-refractivity contribution in [1.29, 1.82) is 0 Å². The van der Waals surface area contributed by atoms with E-state index < -0.39 is 0 Å². The summed E-state index contributed by atoms with van der Waals surface area (Å²) < 4.78 is 6.01. The van der Waals surface area contributed by atoms with Crippen molar-refractivity contribution in [1.82, 2.24) is 5.32 Å². The van der Waals surface area contributed by atoms with Gasteiger partial charge in [-0.1, -0.05) is 18.2 Å². The van der Waals surface area contributed by atoms with Crippen LogP contribution in [0.25, 0.3) is 0 Å². The maximum Gasteiger partial charge on any atom is 0.251 e. The molecule has 0 atom stereocenters. The van der Waals surface area contributed by atoms with Crippen molar-refractivity contribution in [2.75, 3.05) is 23.3 Å². The Balaban J connectivity index is 1.44. The van der Waals surface area contributed by atoms with Crippen LogP contribution in [0.3, 0.4) is 0 Å². The standard InChI is InChI=1S/C22H25N3O3/c1-22(2)14-25(18-8-3-4-9-19(18)28-22)13-20(26)23-17-7-5-6-15(12-17)21(27)24-16-10-11-16/h3-9,12,16H,10-11,13-14H2,1-2H3,(H,23,26)(H,24,27). The number of nitrogens with zero attached hydrogens (tertiary/aromatic N) is 1. The molecule has 2 aliphatic rings. The van der Waals surface area contributed by atoms with Gasteiger partial charge in [0.15, 0.2) is 0 Å². The molecule has 1 heterocycles. The Morgan fingerprint density at radius 3 is 2.71 bits per heavy atom. The van der Waals surface area contributed by atoms with E-state index >= 15 is 0 Å². The van der Waals surface area contributed by atoms with Gasteiger partial charge in [-0.3, -0.25) is 9.59 Å². The summed E-state index contributed by atoms with van der Waals surface area (Å²) in [6, 6.07) is 15.1. The third kappa shape index (κ3) is 4.27. The third-order valence-electron chi connectivity index (χ3n) is 4.82. The molecule has 0 saturated heterocycles. The van der Waals surface area contributed by atoms with Crippen molar-refractivity contribution in [3.05, 3.63) is 54.1 Å². The number of anilines is 2. The molecule has 1 aliphatic carbocycles. The Bertz CT molecular complexity index is 905. The molecule has 0 spiro atoms. The minimum atomic E-state index is -0.380. The molecule has 2 aromatic carbocycles. The highest BCUT2D eigenvalue weighted by molar-refractivity contribution is 5.98. The minimum Gasteiger partial charge on any atom is -0.484 e. The van der Waals surface area contributed by atoms with Crippen LogP contribution in [0, 0.1) is 0 Å². The number of amides is 2. The quantitative estimate of drug-likeness (QED) is 0.837. The summed E-state index contributed by atoms with van der Waals surface area (Å²) in [4.78, 5) is 26.9. The molecule has 2 N–H and O–H groups in total. The van der Waals surface area contributed by atoms with Crippen LogP contribution in [0.15, 0.2) is 48.5 Å². The molecule has 1 aliphatic heterocycles. The second kappa shape index (κ2) is 7.19. The lowest BCUT2D eigenvalue weighted by molar-refractivity contribution is -0.115. The first kappa shape index (κ1) is 18.3. The van der Waals surface area contributed by atoms with Crippen LogP contribution < -0.4 is 20.3 Å². The van der Waals surface area contributed by atoms with Crippen LogP contribution in [0.1, 0.15) is 37.0 Å². The zero-order chi connectivity index (χ0) is 19.7. The monoisotopic (exact) mass is 379 g/mol. The van der Waals surface area contributed by atoms with Gasteiger partial charge in [0.25, 0.3) is 5.91 Å². The second-order valence-electron chi connectivity index (χ2n) is 8.06. The van der Waals surface area contributed by atoms with Gasteiger partial charge in [-0.15, -0.1) is 0 Å². The molecule has 2 aromatic rings. The summed E-state index contributed by atoms with van der Waals surface area (Å²) in [5.74, 6) is 0.556. The van der Waals surface area contributed by atoms with Crippen molar-refractivity contribution >= 4 is 23.2 Å². The van der Waals surface area contributed by atoms with Crippen molar-refractivity contribution < 1.29 is 14.3 Å². The summed E-state index contributed by atoms with van der Waals surface area (Å²) in [5, 5.41) is 5.87. The second-order valence-corrected chi connectivity index (χ2v) is 8.06. The van der Waals surface area contributed by atoms with Gasteiger partial charge in [0, 0.05) is 17.3 Å². The van der Waals surface area contributed by atoms with Crippen LogP contribution in [-0.4, -0.2) is 36.5 Å². The maximum absolute atomic E-state index is 12.7. The van der Waals surface area contributed by atoms with Crippen molar-refractivity contribution in [2.24, 2.45) is 0 Å². The normalized spacial score (nSPS) is 17.3. The van der Waals surface area contributed by atoms with Crippen LogP contribution >= 0.6 is 0 Å². The number of hydrogen-bond donors (Lipinski definition) is 2. The predicted octanol–water partition coefficient (Wildman–Crippen LogP) is 3.19. The summed E-state index contributed by atoms with van der Waals surface area (Å²) in [7, 11) is 0. The molecular weight excluding hydrogens is 354 g/mol. The lowest BCUT2D eigenvalue weighted by atomic mass is 10.1. The lowest BCUT2D eigenvalue weighted by Crippen LogP contribution is -2.49. The van der Waals surface area contributed by atoms with E-state index in [-0.39, 0.29) is 24.0 Å². The molecular formula is C22H25N3O3. The number of carbonyl (C=O) groups excluding carboxylic acids is 2. The van der Waals surface area contributed by atoms with Crippen LogP contribution in [0.2, 0.25) is 0 Å². The molecule has 1 fully saturated rings. The van der Waals surface area contributed by atoms with Gasteiger partial charge in [0.05, 0.1) is 18.8 Å². The average molecular weight is 379 g/mol. The summed E-state index contributed by atoms with van der Waals surface area (Å²) in [6.45, 7) is 4.84. The zero-order valence-electron chi connectivity index (χ0n) is 16.2. The summed E-state index contributed by atoms with van der Waals surface area (Å²) in [6.07, 6.45) is 2.08. The minimum absolute atomic E-state index is 0.0949. The van der Waals surface area contributed by atoms with Gasteiger partial charge in [-0.25, -0.2) is 0 Å². The maximum atomic E-state index is 12.7. The fourth-order valence-corrected chi connectivity index (χ4v) is 3.43. The molecule has 6 heteroatoms. The number of para-hydroxylation sites is 2. The van der Waals surface area contributed by atoms with E-state index in [1.165, 1.54) is 0 Å². The fraction of sp³-hybridized carbons (Fsp3) is 0.364. The Labute approximate surface area is 164 Å². The van der Waals surface area contributed by atoms with Gasteiger partial charge in [0.2, 0.25) is 5.91 Å². The SMILES string of the molecule is CC1(C)CN(CC(=O)Nc2cccc(C(=O)NC3CC3)c2)c2ccccc2O1. The molecule has 0 aromatic heterocycles. The van der Waals surface area contributed by atoms with Crippen LogP contribution in [0.5, 0.6) is 5.75 Å². The van der Waals surface area contributed by atoms with Crippen molar-refractivity contribution in [3.63, 3.8) is 0 Å². The van der Waals surface area contributed by atoms with Gasteiger partial charge < -0.3 is 20.3 Å². The van der Waals surface area contributed by atoms with E-state index in [1.807, 2.05) is 43.0 Å². The predicted molar refractivity (Wildman–Crippen MR) is 109 cm³/mol. The fourth-order valence-electron chi connectivity index (χ4n) is 3.43. The van der Waals surface area contributed by atoms with E-state index in [9.17, 15) is 9.59 Å². The highest BCUT2D eigenvalue weighted by Crippen LogP contribution is 2.36.